The second-order valence-electron chi connectivity index (χ2n) is 3.81. The number of carboxylic acids is 1. The van der Waals surface area contributed by atoms with E-state index in [1.54, 1.807) is 6.92 Å². The number of carbonyl (C=O) groups is 2. The summed E-state index contributed by atoms with van der Waals surface area (Å²) >= 11 is 1.47. The summed E-state index contributed by atoms with van der Waals surface area (Å²) in [4.78, 5) is 24.1. The van der Waals surface area contributed by atoms with Gasteiger partial charge in [0.15, 0.2) is 0 Å². The molecule has 5 nitrogen and oxygen atoms in total. The monoisotopic (exact) mass is 244 g/mol. The fourth-order valence-electron chi connectivity index (χ4n) is 1.46. The highest BCUT2D eigenvalue weighted by Crippen LogP contribution is 2.28. The first kappa shape index (κ1) is 12.9. The molecule has 0 radical (unpaired) electrons. The summed E-state index contributed by atoms with van der Waals surface area (Å²) in [6.45, 7) is 7.68. The Morgan fingerprint density at radius 1 is 1.62 bits per heavy atom. The fourth-order valence-corrected chi connectivity index (χ4v) is 2.63. The first-order chi connectivity index (χ1) is 7.43. The smallest absolute Gasteiger partial charge is 0.327 e. The van der Waals surface area contributed by atoms with E-state index in [4.69, 9.17) is 5.11 Å². The van der Waals surface area contributed by atoms with E-state index in [0.717, 1.165) is 5.57 Å². The zero-order valence-corrected chi connectivity index (χ0v) is 10.2. The summed E-state index contributed by atoms with van der Waals surface area (Å²) < 4.78 is 0. The van der Waals surface area contributed by atoms with E-state index in [2.05, 4.69) is 11.9 Å². The number of amides is 2. The summed E-state index contributed by atoms with van der Waals surface area (Å²) in [7, 11) is 0. The molecule has 0 aromatic heterocycles. The van der Waals surface area contributed by atoms with Crippen molar-refractivity contribution in [1.29, 1.82) is 0 Å². The molecule has 1 fully saturated rings. The molecule has 0 aliphatic carbocycles. The van der Waals surface area contributed by atoms with E-state index in [-0.39, 0.29) is 11.4 Å². The first-order valence-electron chi connectivity index (χ1n) is 4.98. The van der Waals surface area contributed by atoms with E-state index < -0.39 is 12.0 Å². The molecule has 2 atom stereocenters. The van der Waals surface area contributed by atoms with Crippen LogP contribution < -0.4 is 5.32 Å². The normalized spacial score (nSPS) is 24.2. The van der Waals surface area contributed by atoms with Crippen molar-refractivity contribution in [1.82, 2.24) is 10.2 Å². The number of thioether (sulfide) groups is 1. The Morgan fingerprint density at radius 2 is 2.25 bits per heavy atom. The Morgan fingerprint density at radius 3 is 2.75 bits per heavy atom. The van der Waals surface area contributed by atoms with E-state index in [1.165, 1.54) is 16.7 Å². The average Bonchev–Trinajstić information content (AvgIpc) is 2.56. The van der Waals surface area contributed by atoms with E-state index in [0.29, 0.717) is 12.3 Å². The van der Waals surface area contributed by atoms with Crippen LogP contribution in [0.3, 0.4) is 0 Å². The molecule has 0 spiro atoms. The van der Waals surface area contributed by atoms with Crippen LogP contribution in [-0.4, -0.2) is 45.7 Å². The van der Waals surface area contributed by atoms with Gasteiger partial charge < -0.3 is 10.4 Å². The van der Waals surface area contributed by atoms with Crippen molar-refractivity contribution < 1.29 is 14.7 Å². The van der Waals surface area contributed by atoms with Gasteiger partial charge in [-0.05, 0) is 13.8 Å². The maximum absolute atomic E-state index is 11.8. The van der Waals surface area contributed by atoms with Crippen LogP contribution in [0.5, 0.6) is 0 Å². The van der Waals surface area contributed by atoms with Crippen LogP contribution >= 0.6 is 11.8 Å². The van der Waals surface area contributed by atoms with Gasteiger partial charge in [0.05, 0.1) is 5.37 Å². The van der Waals surface area contributed by atoms with Gasteiger partial charge in [0, 0.05) is 12.3 Å². The van der Waals surface area contributed by atoms with Crippen LogP contribution in [0.15, 0.2) is 12.2 Å². The van der Waals surface area contributed by atoms with Crippen LogP contribution in [0.1, 0.15) is 13.8 Å². The van der Waals surface area contributed by atoms with E-state index >= 15 is 0 Å². The van der Waals surface area contributed by atoms with Gasteiger partial charge in [-0.1, -0.05) is 12.2 Å². The third-order valence-corrected chi connectivity index (χ3v) is 3.50. The summed E-state index contributed by atoms with van der Waals surface area (Å²) in [5, 5.41) is 11.5. The quantitative estimate of drug-likeness (QED) is 0.730. The minimum atomic E-state index is -0.956. The van der Waals surface area contributed by atoms with Gasteiger partial charge in [0.25, 0.3) is 0 Å². The summed E-state index contributed by atoms with van der Waals surface area (Å²) in [6, 6.07) is -1.07. The molecule has 6 heteroatoms. The molecule has 1 aliphatic rings. The first-order valence-corrected chi connectivity index (χ1v) is 6.03. The van der Waals surface area contributed by atoms with Crippen molar-refractivity contribution >= 4 is 23.8 Å². The minimum Gasteiger partial charge on any atom is -0.480 e. The maximum Gasteiger partial charge on any atom is 0.327 e. The molecule has 0 bridgehead atoms. The lowest BCUT2D eigenvalue weighted by molar-refractivity contribution is -0.141. The second-order valence-corrected chi connectivity index (χ2v) is 5.16. The highest BCUT2D eigenvalue weighted by molar-refractivity contribution is 8.00. The summed E-state index contributed by atoms with van der Waals surface area (Å²) in [6.07, 6.45) is 0. The third kappa shape index (κ3) is 2.91. The van der Waals surface area contributed by atoms with Crippen molar-refractivity contribution in [2.24, 2.45) is 0 Å². The number of hydrogen-bond donors (Lipinski definition) is 2. The summed E-state index contributed by atoms with van der Waals surface area (Å²) in [5.74, 6) is -0.515. The second kappa shape index (κ2) is 5.25. The number of hydrogen-bond acceptors (Lipinski definition) is 3. The van der Waals surface area contributed by atoms with Crippen LogP contribution in [0.4, 0.5) is 4.79 Å². The van der Waals surface area contributed by atoms with Crippen molar-refractivity contribution in [2.45, 2.75) is 25.3 Å². The minimum absolute atomic E-state index is 0.105. The molecule has 1 saturated heterocycles. The zero-order chi connectivity index (χ0) is 12.3. The molecule has 1 heterocycles. The van der Waals surface area contributed by atoms with Gasteiger partial charge in [0.2, 0.25) is 0 Å². The van der Waals surface area contributed by atoms with E-state index in [9.17, 15) is 9.59 Å². The van der Waals surface area contributed by atoms with Gasteiger partial charge >= 0.3 is 12.0 Å². The van der Waals surface area contributed by atoms with Gasteiger partial charge in [0.1, 0.15) is 6.04 Å². The lowest BCUT2D eigenvalue weighted by Crippen LogP contribution is -2.49. The molecule has 2 N–H and O–H groups in total. The molecular formula is C10H16N2O3S. The number of carbonyl (C=O) groups excluding carboxylic acids is 1. The molecule has 1 aliphatic heterocycles. The molecule has 2 unspecified atom stereocenters. The molecular weight excluding hydrogens is 228 g/mol. The Hall–Kier alpha value is -1.17. The lowest BCUT2D eigenvalue weighted by Gasteiger charge is -2.25. The molecule has 0 aromatic carbocycles. The predicted octanol–water partition coefficient (Wildman–Crippen LogP) is 1.12. The number of aliphatic carboxylic acids is 1. The average molecular weight is 244 g/mol. The molecule has 1 rings (SSSR count). The maximum atomic E-state index is 11.8. The number of rotatable bonds is 3. The van der Waals surface area contributed by atoms with Crippen molar-refractivity contribution in [2.75, 3.05) is 12.3 Å². The van der Waals surface area contributed by atoms with Gasteiger partial charge in [-0.15, -0.1) is 11.8 Å². The van der Waals surface area contributed by atoms with Crippen molar-refractivity contribution in [3.63, 3.8) is 0 Å². The van der Waals surface area contributed by atoms with E-state index in [1.807, 2.05) is 6.92 Å². The highest BCUT2D eigenvalue weighted by atomic mass is 32.2. The van der Waals surface area contributed by atoms with Crippen LogP contribution in [0.25, 0.3) is 0 Å². The molecule has 0 saturated carbocycles. The molecule has 16 heavy (non-hydrogen) atoms. The Kier molecular flexibility index (Phi) is 4.23. The summed E-state index contributed by atoms with van der Waals surface area (Å²) in [5.41, 5.74) is 0.833. The SMILES string of the molecule is C=C(C)CNC(=O)N1C(C)SCC1C(=O)O. The third-order valence-electron chi connectivity index (χ3n) is 2.28. The van der Waals surface area contributed by atoms with Crippen LogP contribution in [0, 0.1) is 0 Å². The number of nitrogens with zero attached hydrogens (tertiary/aromatic N) is 1. The number of nitrogens with one attached hydrogen (secondary N) is 1. The lowest BCUT2D eigenvalue weighted by atomic mass is 10.3. The van der Waals surface area contributed by atoms with Crippen LogP contribution in [0.2, 0.25) is 0 Å². The number of urea groups is 1. The van der Waals surface area contributed by atoms with Gasteiger partial charge in [-0.2, -0.15) is 0 Å². The largest absolute Gasteiger partial charge is 0.480 e. The Labute approximate surface area is 98.9 Å². The van der Waals surface area contributed by atoms with Gasteiger partial charge in [-0.25, -0.2) is 9.59 Å². The Balaban J connectivity index is 2.64. The van der Waals surface area contributed by atoms with Crippen LogP contribution in [-0.2, 0) is 4.79 Å². The van der Waals surface area contributed by atoms with Gasteiger partial charge in [-0.3, -0.25) is 4.90 Å². The molecule has 2 amide bonds. The fraction of sp³-hybridized carbons (Fsp3) is 0.600. The molecule has 90 valence electrons. The van der Waals surface area contributed by atoms with Crippen molar-refractivity contribution in [3.8, 4) is 0 Å². The standard InChI is InChI=1S/C10H16N2O3S/c1-6(2)4-11-10(15)12-7(3)16-5-8(12)9(13)14/h7-8H,1,4-5H2,2-3H3,(H,11,15)(H,13,14). The predicted molar refractivity (Wildman–Crippen MR) is 63.4 cm³/mol. The number of carboxylic acid groups (broad SMARTS) is 1. The zero-order valence-electron chi connectivity index (χ0n) is 9.40. The highest BCUT2D eigenvalue weighted by Gasteiger charge is 2.39. The van der Waals surface area contributed by atoms with Crippen molar-refractivity contribution in [3.05, 3.63) is 12.2 Å². The Bertz CT molecular complexity index is 319. The topological polar surface area (TPSA) is 69.6 Å². The molecule has 0 aromatic rings.